The van der Waals surface area contributed by atoms with Crippen molar-refractivity contribution in [2.24, 2.45) is 0 Å². The summed E-state index contributed by atoms with van der Waals surface area (Å²) in [5.74, 6) is 2.23. The Labute approximate surface area is 185 Å². The van der Waals surface area contributed by atoms with E-state index in [-0.39, 0.29) is 12.1 Å². The standard InChI is InChI=1S/C22H22ClN3O3S/c1-14-6-8-19(29-14)21-20(17-5-3-4-10-24-17)25-22(30)26(21)15-7-9-18(16(23)13-15)28-12-11-27-2/h3-10,13,20-21H,11-12H2,1-2H3,(H,25,30)/t20-,21-/m1/s1. The molecule has 1 aliphatic rings. The fourth-order valence-electron chi connectivity index (χ4n) is 3.53. The number of nitrogens with one attached hydrogen (secondary N) is 1. The molecule has 0 saturated carbocycles. The molecule has 1 fully saturated rings. The van der Waals surface area contributed by atoms with Crippen LogP contribution in [0, 0.1) is 6.92 Å². The number of thiocarbonyl (C=S) groups is 1. The third-order valence-electron chi connectivity index (χ3n) is 4.89. The van der Waals surface area contributed by atoms with Crippen molar-refractivity contribution in [2.75, 3.05) is 25.2 Å². The van der Waals surface area contributed by atoms with Gasteiger partial charge in [-0.2, -0.15) is 0 Å². The van der Waals surface area contributed by atoms with Gasteiger partial charge in [0.1, 0.15) is 29.9 Å². The monoisotopic (exact) mass is 443 g/mol. The maximum Gasteiger partial charge on any atom is 0.174 e. The summed E-state index contributed by atoms with van der Waals surface area (Å²) in [5.41, 5.74) is 1.72. The summed E-state index contributed by atoms with van der Waals surface area (Å²) in [5, 5.41) is 4.48. The number of pyridine rings is 1. The molecule has 0 aliphatic carbocycles. The van der Waals surface area contributed by atoms with Gasteiger partial charge in [0.05, 0.1) is 23.4 Å². The molecule has 1 aromatic carbocycles. The molecule has 3 aromatic rings. The van der Waals surface area contributed by atoms with Crippen molar-refractivity contribution < 1.29 is 13.9 Å². The number of aryl methyl sites for hydroxylation is 1. The van der Waals surface area contributed by atoms with Crippen LogP contribution >= 0.6 is 23.8 Å². The molecule has 3 heterocycles. The van der Waals surface area contributed by atoms with E-state index in [4.69, 9.17) is 37.7 Å². The second-order valence-electron chi connectivity index (χ2n) is 6.90. The first-order chi connectivity index (χ1) is 14.6. The first kappa shape index (κ1) is 20.7. The minimum atomic E-state index is -0.211. The molecule has 0 unspecified atom stereocenters. The Bertz CT molecular complexity index is 1030. The number of rotatable bonds is 7. The van der Waals surface area contributed by atoms with E-state index < -0.39 is 0 Å². The predicted molar refractivity (Wildman–Crippen MR) is 120 cm³/mol. The van der Waals surface area contributed by atoms with E-state index in [0.717, 1.165) is 22.9 Å². The average molecular weight is 444 g/mol. The highest BCUT2D eigenvalue weighted by Gasteiger charge is 2.42. The van der Waals surface area contributed by atoms with Gasteiger partial charge in [0.2, 0.25) is 0 Å². The van der Waals surface area contributed by atoms with E-state index in [2.05, 4.69) is 10.3 Å². The van der Waals surface area contributed by atoms with E-state index in [0.29, 0.717) is 29.1 Å². The summed E-state index contributed by atoms with van der Waals surface area (Å²) in [6.45, 7) is 2.84. The molecule has 1 N–H and O–H groups in total. The minimum Gasteiger partial charge on any atom is -0.490 e. The summed E-state index contributed by atoms with van der Waals surface area (Å²) >= 11 is 12.2. The Morgan fingerprint density at radius 2 is 2.07 bits per heavy atom. The predicted octanol–water partition coefficient (Wildman–Crippen LogP) is 4.84. The van der Waals surface area contributed by atoms with Gasteiger partial charge in [0, 0.05) is 19.0 Å². The van der Waals surface area contributed by atoms with Gasteiger partial charge >= 0.3 is 0 Å². The molecule has 0 bridgehead atoms. The molecule has 30 heavy (non-hydrogen) atoms. The topological polar surface area (TPSA) is 59.8 Å². The van der Waals surface area contributed by atoms with Crippen molar-refractivity contribution in [1.82, 2.24) is 10.3 Å². The second-order valence-corrected chi connectivity index (χ2v) is 7.69. The van der Waals surface area contributed by atoms with E-state index in [1.807, 2.05) is 60.4 Å². The van der Waals surface area contributed by atoms with Crippen molar-refractivity contribution in [2.45, 2.75) is 19.0 Å². The number of anilines is 1. The number of ether oxygens (including phenoxy) is 2. The molecule has 4 rings (SSSR count). The maximum absolute atomic E-state index is 6.49. The normalized spacial score (nSPS) is 18.5. The first-order valence-electron chi connectivity index (χ1n) is 9.57. The zero-order valence-corrected chi connectivity index (χ0v) is 18.2. The third-order valence-corrected chi connectivity index (χ3v) is 5.50. The van der Waals surface area contributed by atoms with E-state index in [1.165, 1.54) is 0 Å². The Kier molecular flexibility index (Phi) is 6.22. The molecule has 6 nitrogen and oxygen atoms in total. The third kappa shape index (κ3) is 4.14. The van der Waals surface area contributed by atoms with Gasteiger partial charge in [-0.3, -0.25) is 4.98 Å². The van der Waals surface area contributed by atoms with Crippen LogP contribution in [-0.4, -0.2) is 30.4 Å². The zero-order chi connectivity index (χ0) is 21.1. The highest BCUT2D eigenvalue weighted by Crippen LogP contribution is 2.43. The molecule has 0 spiro atoms. The first-order valence-corrected chi connectivity index (χ1v) is 10.4. The number of methoxy groups -OCH3 is 1. The zero-order valence-electron chi connectivity index (χ0n) is 16.7. The van der Waals surface area contributed by atoms with Crippen LogP contribution in [0.15, 0.2) is 59.1 Å². The molecule has 0 amide bonds. The van der Waals surface area contributed by atoms with Crippen LogP contribution in [0.2, 0.25) is 5.02 Å². The number of aromatic nitrogens is 1. The van der Waals surface area contributed by atoms with Crippen LogP contribution < -0.4 is 15.0 Å². The van der Waals surface area contributed by atoms with Gasteiger partial charge in [0.15, 0.2) is 5.11 Å². The molecule has 1 aliphatic heterocycles. The van der Waals surface area contributed by atoms with Crippen molar-refractivity contribution in [3.8, 4) is 5.75 Å². The molecular weight excluding hydrogens is 422 g/mol. The molecular formula is C22H22ClN3O3S. The lowest BCUT2D eigenvalue weighted by molar-refractivity contribution is 0.146. The summed E-state index contributed by atoms with van der Waals surface area (Å²) in [7, 11) is 1.63. The maximum atomic E-state index is 6.49. The van der Waals surface area contributed by atoms with Crippen LogP contribution in [-0.2, 0) is 4.74 Å². The summed E-state index contributed by atoms with van der Waals surface area (Å²) in [4.78, 5) is 6.54. The van der Waals surface area contributed by atoms with Crippen molar-refractivity contribution in [3.63, 3.8) is 0 Å². The second kappa shape index (κ2) is 9.04. The Balaban J connectivity index is 1.70. The van der Waals surface area contributed by atoms with Crippen LogP contribution in [0.4, 0.5) is 5.69 Å². The lowest BCUT2D eigenvalue weighted by atomic mass is 10.0. The van der Waals surface area contributed by atoms with Crippen molar-refractivity contribution in [3.05, 3.63) is 77.0 Å². The van der Waals surface area contributed by atoms with E-state index in [9.17, 15) is 0 Å². The molecule has 2 aromatic heterocycles. The smallest absolute Gasteiger partial charge is 0.174 e. The minimum absolute atomic E-state index is 0.166. The number of furan rings is 1. The van der Waals surface area contributed by atoms with Crippen molar-refractivity contribution >= 4 is 34.6 Å². The van der Waals surface area contributed by atoms with Crippen LogP contribution in [0.25, 0.3) is 0 Å². The van der Waals surface area contributed by atoms with Gasteiger partial charge in [-0.05, 0) is 61.6 Å². The van der Waals surface area contributed by atoms with Gasteiger partial charge in [-0.25, -0.2) is 0 Å². The number of hydrogen-bond donors (Lipinski definition) is 1. The molecule has 0 radical (unpaired) electrons. The van der Waals surface area contributed by atoms with Crippen LogP contribution in [0.3, 0.4) is 0 Å². The molecule has 1 saturated heterocycles. The van der Waals surface area contributed by atoms with Gasteiger partial charge < -0.3 is 24.1 Å². The van der Waals surface area contributed by atoms with Gasteiger partial charge in [0.25, 0.3) is 0 Å². The quantitative estimate of drug-likeness (QED) is 0.414. The summed E-state index contributed by atoms with van der Waals surface area (Å²) in [6.07, 6.45) is 1.77. The summed E-state index contributed by atoms with van der Waals surface area (Å²) in [6, 6.07) is 15.0. The van der Waals surface area contributed by atoms with Crippen LogP contribution in [0.1, 0.15) is 29.3 Å². The van der Waals surface area contributed by atoms with Crippen LogP contribution in [0.5, 0.6) is 5.75 Å². The van der Waals surface area contributed by atoms with E-state index in [1.54, 1.807) is 13.3 Å². The lowest BCUT2D eigenvalue weighted by Crippen LogP contribution is -2.29. The number of nitrogens with zero attached hydrogens (tertiary/aromatic N) is 2. The molecule has 156 valence electrons. The Morgan fingerprint density at radius 3 is 2.73 bits per heavy atom. The Morgan fingerprint density at radius 1 is 1.20 bits per heavy atom. The highest BCUT2D eigenvalue weighted by atomic mass is 35.5. The summed E-state index contributed by atoms with van der Waals surface area (Å²) < 4.78 is 16.7. The van der Waals surface area contributed by atoms with Gasteiger partial charge in [-0.15, -0.1) is 0 Å². The Hall–Kier alpha value is -2.61. The van der Waals surface area contributed by atoms with E-state index >= 15 is 0 Å². The molecule has 2 atom stereocenters. The largest absolute Gasteiger partial charge is 0.490 e. The average Bonchev–Trinajstić information content (AvgIpc) is 3.33. The number of benzene rings is 1. The number of halogens is 1. The van der Waals surface area contributed by atoms with Gasteiger partial charge in [-0.1, -0.05) is 17.7 Å². The molecule has 8 heteroatoms. The highest BCUT2D eigenvalue weighted by molar-refractivity contribution is 7.80. The fourth-order valence-corrected chi connectivity index (χ4v) is 4.10. The SMILES string of the molecule is COCCOc1ccc(N2C(=S)N[C@H](c3ccccn3)[C@H]2c2ccc(C)o2)cc1Cl. The lowest BCUT2D eigenvalue weighted by Gasteiger charge is -2.26. The fraction of sp³-hybridized carbons (Fsp3) is 0.273. The van der Waals surface area contributed by atoms with Crippen molar-refractivity contribution in [1.29, 1.82) is 0 Å². The number of hydrogen-bond acceptors (Lipinski definition) is 5.